The van der Waals surface area contributed by atoms with Crippen molar-refractivity contribution >= 4 is 5.97 Å². The van der Waals surface area contributed by atoms with E-state index >= 15 is 0 Å². The highest BCUT2D eigenvalue weighted by Gasteiger charge is 2.04. The standard InChI is InChI=1S/C12H17NO3/c1-2-3-8-16-12(15)7-5-10-4-6-11(14)9-13-10/h4,6,9,14H,2-3,5,7-8H2,1H3. The first-order valence-electron chi connectivity index (χ1n) is 5.52. The van der Waals surface area contributed by atoms with E-state index < -0.39 is 0 Å². The Morgan fingerprint density at radius 3 is 2.94 bits per heavy atom. The number of unbranched alkanes of at least 4 members (excludes halogenated alkanes) is 1. The summed E-state index contributed by atoms with van der Waals surface area (Å²) in [6, 6.07) is 3.26. The van der Waals surface area contributed by atoms with Gasteiger partial charge in [-0.2, -0.15) is 0 Å². The van der Waals surface area contributed by atoms with Crippen LogP contribution in [0.1, 0.15) is 31.9 Å². The van der Waals surface area contributed by atoms with Crippen LogP contribution >= 0.6 is 0 Å². The van der Waals surface area contributed by atoms with E-state index in [2.05, 4.69) is 4.98 Å². The molecule has 0 aromatic carbocycles. The van der Waals surface area contributed by atoms with Crippen molar-refractivity contribution in [3.8, 4) is 5.75 Å². The predicted octanol–water partition coefficient (Wildman–Crippen LogP) is 2.06. The lowest BCUT2D eigenvalue weighted by Gasteiger charge is -2.03. The molecule has 0 spiro atoms. The van der Waals surface area contributed by atoms with Gasteiger partial charge < -0.3 is 9.84 Å². The molecule has 1 rings (SSSR count). The molecule has 0 aliphatic heterocycles. The molecule has 0 atom stereocenters. The van der Waals surface area contributed by atoms with Crippen molar-refractivity contribution in [3.05, 3.63) is 24.0 Å². The third kappa shape index (κ3) is 4.77. The van der Waals surface area contributed by atoms with Gasteiger partial charge in [0.05, 0.1) is 19.2 Å². The summed E-state index contributed by atoms with van der Waals surface area (Å²) < 4.78 is 5.01. The lowest BCUT2D eigenvalue weighted by atomic mass is 10.2. The van der Waals surface area contributed by atoms with Crippen molar-refractivity contribution in [2.45, 2.75) is 32.6 Å². The zero-order valence-electron chi connectivity index (χ0n) is 9.48. The molecule has 0 aliphatic carbocycles. The number of aryl methyl sites for hydroxylation is 1. The zero-order chi connectivity index (χ0) is 11.8. The molecule has 1 aromatic heterocycles. The summed E-state index contributed by atoms with van der Waals surface area (Å²) in [5, 5.41) is 9.02. The first-order valence-corrected chi connectivity index (χ1v) is 5.52. The minimum atomic E-state index is -0.191. The second-order valence-electron chi connectivity index (χ2n) is 3.58. The van der Waals surface area contributed by atoms with Crippen LogP contribution in [0.3, 0.4) is 0 Å². The van der Waals surface area contributed by atoms with E-state index in [1.165, 1.54) is 6.20 Å². The van der Waals surface area contributed by atoms with Crippen molar-refractivity contribution in [1.82, 2.24) is 4.98 Å². The smallest absolute Gasteiger partial charge is 0.306 e. The Kier molecular flexibility index (Phi) is 5.32. The van der Waals surface area contributed by atoms with E-state index in [-0.39, 0.29) is 11.7 Å². The van der Waals surface area contributed by atoms with E-state index in [1.807, 2.05) is 6.92 Å². The lowest BCUT2D eigenvalue weighted by Crippen LogP contribution is -2.07. The molecule has 0 unspecified atom stereocenters. The fourth-order valence-corrected chi connectivity index (χ4v) is 1.20. The monoisotopic (exact) mass is 223 g/mol. The highest BCUT2D eigenvalue weighted by Crippen LogP contribution is 2.07. The molecule has 1 aromatic rings. The second-order valence-corrected chi connectivity index (χ2v) is 3.58. The molecular formula is C12H17NO3. The minimum Gasteiger partial charge on any atom is -0.506 e. The minimum absolute atomic E-state index is 0.134. The topological polar surface area (TPSA) is 59.4 Å². The zero-order valence-corrected chi connectivity index (χ0v) is 9.48. The van der Waals surface area contributed by atoms with Crippen LogP contribution in [0.25, 0.3) is 0 Å². The summed E-state index contributed by atoms with van der Waals surface area (Å²) >= 11 is 0. The molecule has 1 N–H and O–H groups in total. The maximum absolute atomic E-state index is 11.3. The van der Waals surface area contributed by atoms with Crippen LogP contribution in [0.2, 0.25) is 0 Å². The fourth-order valence-electron chi connectivity index (χ4n) is 1.20. The van der Waals surface area contributed by atoms with Gasteiger partial charge in [-0.3, -0.25) is 9.78 Å². The van der Waals surface area contributed by atoms with E-state index in [0.29, 0.717) is 19.4 Å². The molecule has 0 radical (unpaired) electrons. The Morgan fingerprint density at radius 1 is 1.50 bits per heavy atom. The number of pyridine rings is 1. The van der Waals surface area contributed by atoms with Gasteiger partial charge in [-0.05, 0) is 18.6 Å². The van der Waals surface area contributed by atoms with Crippen molar-refractivity contribution < 1.29 is 14.6 Å². The molecule has 4 nitrogen and oxygen atoms in total. The Hall–Kier alpha value is -1.58. The summed E-state index contributed by atoms with van der Waals surface area (Å²) in [6.07, 6.45) is 4.18. The molecular weight excluding hydrogens is 206 g/mol. The Labute approximate surface area is 95.3 Å². The Balaban J connectivity index is 2.23. The largest absolute Gasteiger partial charge is 0.506 e. The van der Waals surface area contributed by atoms with Gasteiger partial charge in [0.25, 0.3) is 0 Å². The molecule has 88 valence electrons. The van der Waals surface area contributed by atoms with E-state index in [4.69, 9.17) is 9.84 Å². The first-order chi connectivity index (χ1) is 7.72. The Bertz CT molecular complexity index is 322. The van der Waals surface area contributed by atoms with Crippen molar-refractivity contribution in [2.75, 3.05) is 6.61 Å². The van der Waals surface area contributed by atoms with Crippen molar-refractivity contribution in [1.29, 1.82) is 0 Å². The quantitative estimate of drug-likeness (QED) is 0.592. The van der Waals surface area contributed by atoms with E-state index in [1.54, 1.807) is 12.1 Å². The van der Waals surface area contributed by atoms with Crippen LogP contribution in [-0.2, 0) is 16.0 Å². The van der Waals surface area contributed by atoms with Gasteiger partial charge in [-0.15, -0.1) is 0 Å². The third-order valence-electron chi connectivity index (χ3n) is 2.16. The molecule has 16 heavy (non-hydrogen) atoms. The van der Waals surface area contributed by atoms with Gasteiger partial charge >= 0.3 is 5.97 Å². The Morgan fingerprint density at radius 2 is 2.31 bits per heavy atom. The first kappa shape index (κ1) is 12.5. The van der Waals surface area contributed by atoms with Crippen LogP contribution in [0.15, 0.2) is 18.3 Å². The van der Waals surface area contributed by atoms with Crippen molar-refractivity contribution in [2.24, 2.45) is 0 Å². The van der Waals surface area contributed by atoms with Gasteiger partial charge in [0.2, 0.25) is 0 Å². The van der Waals surface area contributed by atoms with Crippen molar-refractivity contribution in [3.63, 3.8) is 0 Å². The summed E-state index contributed by atoms with van der Waals surface area (Å²) in [4.78, 5) is 15.2. The van der Waals surface area contributed by atoms with Gasteiger partial charge in [0.1, 0.15) is 5.75 Å². The third-order valence-corrected chi connectivity index (χ3v) is 2.16. The van der Waals surface area contributed by atoms with Gasteiger partial charge in [0, 0.05) is 12.1 Å². The fraction of sp³-hybridized carbons (Fsp3) is 0.500. The van der Waals surface area contributed by atoms with Gasteiger partial charge in [-0.25, -0.2) is 0 Å². The molecule has 0 aliphatic rings. The predicted molar refractivity (Wildman–Crippen MR) is 60.1 cm³/mol. The molecule has 0 saturated heterocycles. The number of carbonyl (C=O) groups excluding carboxylic acids is 1. The molecule has 0 saturated carbocycles. The number of esters is 1. The molecule has 4 heteroatoms. The molecule has 0 fully saturated rings. The number of carbonyl (C=O) groups is 1. The number of nitrogens with zero attached hydrogens (tertiary/aromatic N) is 1. The summed E-state index contributed by atoms with van der Waals surface area (Å²) in [5.41, 5.74) is 0.783. The maximum atomic E-state index is 11.3. The van der Waals surface area contributed by atoms with Crippen LogP contribution < -0.4 is 0 Å². The SMILES string of the molecule is CCCCOC(=O)CCc1ccc(O)cn1. The average Bonchev–Trinajstić information content (AvgIpc) is 2.29. The maximum Gasteiger partial charge on any atom is 0.306 e. The lowest BCUT2D eigenvalue weighted by molar-refractivity contribution is -0.143. The average molecular weight is 223 g/mol. The molecule has 0 amide bonds. The van der Waals surface area contributed by atoms with Crippen LogP contribution in [0, 0.1) is 0 Å². The van der Waals surface area contributed by atoms with Crippen LogP contribution in [0.5, 0.6) is 5.75 Å². The highest BCUT2D eigenvalue weighted by molar-refractivity contribution is 5.69. The van der Waals surface area contributed by atoms with Crippen LogP contribution in [0.4, 0.5) is 0 Å². The summed E-state index contributed by atoms with van der Waals surface area (Å²) in [5.74, 6) is -0.0578. The van der Waals surface area contributed by atoms with E-state index in [0.717, 1.165) is 18.5 Å². The number of aromatic hydroxyl groups is 1. The second kappa shape index (κ2) is 6.82. The summed E-state index contributed by atoms with van der Waals surface area (Å²) in [7, 11) is 0. The number of aromatic nitrogens is 1. The van der Waals surface area contributed by atoms with E-state index in [9.17, 15) is 4.79 Å². The number of ether oxygens (including phenoxy) is 1. The highest BCUT2D eigenvalue weighted by atomic mass is 16.5. The summed E-state index contributed by atoms with van der Waals surface area (Å²) in [6.45, 7) is 2.55. The number of hydrogen-bond acceptors (Lipinski definition) is 4. The number of hydrogen-bond donors (Lipinski definition) is 1. The van der Waals surface area contributed by atoms with Crippen LogP contribution in [-0.4, -0.2) is 22.7 Å². The van der Waals surface area contributed by atoms with Gasteiger partial charge in [-0.1, -0.05) is 13.3 Å². The van der Waals surface area contributed by atoms with Gasteiger partial charge in [0.15, 0.2) is 0 Å². The molecule has 1 heterocycles. The number of rotatable bonds is 6. The molecule has 0 bridgehead atoms. The normalized spacial score (nSPS) is 10.1.